The van der Waals surface area contributed by atoms with Crippen LogP contribution in [-0.4, -0.2) is 50.5 Å². The van der Waals surface area contributed by atoms with Gasteiger partial charge in [0.15, 0.2) is 0 Å². The summed E-state index contributed by atoms with van der Waals surface area (Å²) in [5.74, 6) is -0.996. The largest absolute Gasteiger partial charge is 0.355 e. The van der Waals surface area contributed by atoms with Crippen molar-refractivity contribution in [3.63, 3.8) is 0 Å². The summed E-state index contributed by atoms with van der Waals surface area (Å²) < 4.78 is 25.9. The van der Waals surface area contributed by atoms with Crippen molar-refractivity contribution in [1.29, 1.82) is 0 Å². The molecule has 2 aromatic rings. The zero-order valence-electron chi connectivity index (χ0n) is 18.1. The molecule has 2 aromatic carbocycles. The third kappa shape index (κ3) is 7.65. The lowest BCUT2D eigenvalue weighted by atomic mass is 10.1. The molecule has 2 rings (SSSR count). The first-order chi connectivity index (χ1) is 15.3. The van der Waals surface area contributed by atoms with E-state index in [4.69, 9.17) is 46.4 Å². The van der Waals surface area contributed by atoms with E-state index in [0.717, 1.165) is 10.6 Å². The average Bonchev–Trinajstić information content (AvgIpc) is 2.70. The number of hydrogen-bond donors (Lipinski definition) is 1. The Labute approximate surface area is 213 Å². The fraction of sp³-hybridized carbons (Fsp3) is 0.333. The Kier molecular flexibility index (Phi) is 9.70. The highest BCUT2D eigenvalue weighted by molar-refractivity contribution is 7.92. The van der Waals surface area contributed by atoms with E-state index in [1.165, 1.54) is 23.1 Å². The van der Waals surface area contributed by atoms with Gasteiger partial charge in [-0.05, 0) is 49.7 Å². The van der Waals surface area contributed by atoms with E-state index in [2.05, 4.69) is 5.32 Å². The second-order valence-electron chi connectivity index (χ2n) is 7.24. The number of nitrogens with zero attached hydrogens (tertiary/aromatic N) is 2. The highest BCUT2D eigenvalue weighted by Gasteiger charge is 2.30. The molecule has 2 amide bonds. The second kappa shape index (κ2) is 11.6. The van der Waals surface area contributed by atoms with E-state index >= 15 is 0 Å². The van der Waals surface area contributed by atoms with Crippen LogP contribution in [0.1, 0.15) is 19.4 Å². The van der Waals surface area contributed by atoms with E-state index in [1.807, 2.05) is 0 Å². The Balaban J connectivity index is 2.43. The standard InChI is InChI=1S/C21H23Cl4N3O4S/c1-4-26-21(30)13(2)27(11-14-5-6-18(24)19(25)7-14)20(29)12-28(33(3,31)32)17-9-15(22)8-16(23)10-17/h5-10,13H,4,11-12H2,1-3H3,(H,26,30). The van der Waals surface area contributed by atoms with Crippen molar-refractivity contribution in [2.45, 2.75) is 26.4 Å². The molecule has 1 N–H and O–H groups in total. The maximum atomic E-state index is 13.4. The molecular formula is C21H23Cl4N3O4S. The number of nitrogens with one attached hydrogen (secondary N) is 1. The highest BCUT2D eigenvalue weighted by Crippen LogP contribution is 2.28. The lowest BCUT2D eigenvalue weighted by Gasteiger charge is -2.31. The molecule has 0 saturated heterocycles. The molecule has 1 atom stereocenters. The van der Waals surface area contributed by atoms with Gasteiger partial charge in [-0.3, -0.25) is 13.9 Å². The first-order valence-corrected chi connectivity index (χ1v) is 13.1. The number of rotatable bonds is 9. The van der Waals surface area contributed by atoms with Gasteiger partial charge in [-0.15, -0.1) is 0 Å². The van der Waals surface area contributed by atoms with E-state index < -0.39 is 28.5 Å². The summed E-state index contributed by atoms with van der Waals surface area (Å²) in [6.07, 6.45) is 0.964. The van der Waals surface area contributed by atoms with Crippen LogP contribution in [0, 0.1) is 0 Å². The summed E-state index contributed by atoms with van der Waals surface area (Å²) in [4.78, 5) is 27.2. The van der Waals surface area contributed by atoms with Crippen LogP contribution in [0.5, 0.6) is 0 Å². The zero-order chi connectivity index (χ0) is 24.9. The molecule has 0 bridgehead atoms. The van der Waals surface area contributed by atoms with Crippen LogP contribution in [0.25, 0.3) is 0 Å². The number of benzene rings is 2. The lowest BCUT2D eigenvalue weighted by Crippen LogP contribution is -2.51. The van der Waals surface area contributed by atoms with Crippen LogP contribution in [-0.2, 0) is 26.2 Å². The molecule has 12 heteroatoms. The predicted molar refractivity (Wildman–Crippen MR) is 134 cm³/mol. The molecule has 0 aliphatic rings. The van der Waals surface area contributed by atoms with Crippen molar-refractivity contribution in [2.24, 2.45) is 0 Å². The van der Waals surface area contributed by atoms with Gasteiger partial charge >= 0.3 is 0 Å². The van der Waals surface area contributed by atoms with Gasteiger partial charge in [0, 0.05) is 23.1 Å². The number of carbonyl (C=O) groups excluding carboxylic acids is 2. The fourth-order valence-corrected chi connectivity index (χ4v) is 4.70. The average molecular weight is 555 g/mol. The van der Waals surface area contributed by atoms with Gasteiger partial charge in [0.05, 0.1) is 22.0 Å². The molecule has 0 radical (unpaired) electrons. The number of likely N-dealkylation sites (N-methyl/N-ethyl adjacent to an activating group) is 1. The van der Waals surface area contributed by atoms with E-state index in [1.54, 1.807) is 32.0 Å². The predicted octanol–water partition coefficient (Wildman–Crippen LogP) is 4.62. The Bertz CT molecular complexity index is 1120. The molecular weight excluding hydrogens is 532 g/mol. The molecule has 0 spiro atoms. The van der Waals surface area contributed by atoms with Crippen LogP contribution in [0.15, 0.2) is 36.4 Å². The van der Waals surface area contributed by atoms with Gasteiger partial charge in [0.1, 0.15) is 12.6 Å². The van der Waals surface area contributed by atoms with Crippen molar-refractivity contribution in [3.05, 3.63) is 62.1 Å². The Morgan fingerprint density at radius 2 is 1.61 bits per heavy atom. The molecule has 33 heavy (non-hydrogen) atoms. The smallest absolute Gasteiger partial charge is 0.244 e. The zero-order valence-corrected chi connectivity index (χ0v) is 22.0. The summed E-state index contributed by atoms with van der Waals surface area (Å²) in [6.45, 7) is 3.11. The quantitative estimate of drug-likeness (QED) is 0.490. The maximum Gasteiger partial charge on any atom is 0.244 e. The minimum Gasteiger partial charge on any atom is -0.355 e. The van der Waals surface area contributed by atoms with Gasteiger partial charge in [0.25, 0.3) is 0 Å². The van der Waals surface area contributed by atoms with Crippen molar-refractivity contribution < 1.29 is 18.0 Å². The molecule has 0 aliphatic heterocycles. The van der Waals surface area contributed by atoms with Crippen LogP contribution in [0.3, 0.4) is 0 Å². The molecule has 1 unspecified atom stereocenters. The Hall–Kier alpha value is -1.71. The van der Waals surface area contributed by atoms with Crippen LogP contribution in [0.4, 0.5) is 5.69 Å². The van der Waals surface area contributed by atoms with Gasteiger partial charge in [-0.25, -0.2) is 8.42 Å². The summed E-state index contributed by atoms with van der Waals surface area (Å²) in [5, 5.41) is 3.72. The third-order valence-electron chi connectivity index (χ3n) is 4.67. The van der Waals surface area contributed by atoms with Crippen LogP contribution >= 0.6 is 46.4 Å². The van der Waals surface area contributed by atoms with Gasteiger partial charge in [-0.1, -0.05) is 52.5 Å². The summed E-state index contributed by atoms with van der Waals surface area (Å²) in [7, 11) is -3.89. The van der Waals surface area contributed by atoms with Crippen LogP contribution in [0.2, 0.25) is 20.1 Å². The minimum absolute atomic E-state index is 0.00191. The third-order valence-corrected chi connectivity index (χ3v) is 6.99. The molecule has 0 fully saturated rings. The number of anilines is 1. The normalized spacial score (nSPS) is 12.2. The molecule has 7 nitrogen and oxygen atoms in total. The van der Waals surface area contributed by atoms with E-state index in [-0.39, 0.29) is 28.2 Å². The topological polar surface area (TPSA) is 86.8 Å². The number of amides is 2. The maximum absolute atomic E-state index is 13.4. The summed E-state index contributed by atoms with van der Waals surface area (Å²) in [5.41, 5.74) is 0.745. The minimum atomic E-state index is -3.89. The molecule has 0 aromatic heterocycles. The van der Waals surface area contributed by atoms with Crippen molar-refractivity contribution in [2.75, 3.05) is 23.7 Å². The number of sulfonamides is 1. The van der Waals surface area contributed by atoms with Crippen LogP contribution < -0.4 is 9.62 Å². The summed E-state index contributed by atoms with van der Waals surface area (Å²) >= 11 is 24.1. The number of carbonyl (C=O) groups is 2. The van der Waals surface area contributed by atoms with Crippen molar-refractivity contribution in [3.8, 4) is 0 Å². The first-order valence-electron chi connectivity index (χ1n) is 9.78. The SMILES string of the molecule is CCNC(=O)C(C)N(Cc1ccc(Cl)c(Cl)c1)C(=O)CN(c1cc(Cl)cc(Cl)c1)S(C)(=O)=O. The highest BCUT2D eigenvalue weighted by atomic mass is 35.5. The Morgan fingerprint density at radius 1 is 1.00 bits per heavy atom. The monoisotopic (exact) mass is 553 g/mol. The number of hydrogen-bond acceptors (Lipinski definition) is 4. The summed E-state index contributed by atoms with van der Waals surface area (Å²) in [6, 6.07) is 8.16. The van der Waals surface area contributed by atoms with Crippen molar-refractivity contribution in [1.82, 2.24) is 10.2 Å². The van der Waals surface area contributed by atoms with Crippen molar-refractivity contribution >= 4 is 73.9 Å². The Morgan fingerprint density at radius 3 is 2.12 bits per heavy atom. The molecule has 180 valence electrons. The lowest BCUT2D eigenvalue weighted by molar-refractivity contribution is -0.139. The molecule has 0 aliphatic carbocycles. The van der Waals surface area contributed by atoms with E-state index in [9.17, 15) is 18.0 Å². The fourth-order valence-electron chi connectivity index (χ4n) is 3.04. The first kappa shape index (κ1) is 27.5. The van der Waals surface area contributed by atoms with Gasteiger partial charge < -0.3 is 10.2 Å². The second-order valence-corrected chi connectivity index (χ2v) is 10.8. The van der Waals surface area contributed by atoms with E-state index in [0.29, 0.717) is 22.2 Å². The number of halogens is 4. The van der Waals surface area contributed by atoms with Gasteiger partial charge in [0.2, 0.25) is 21.8 Å². The molecule has 0 heterocycles. The molecule has 0 saturated carbocycles. The van der Waals surface area contributed by atoms with Gasteiger partial charge in [-0.2, -0.15) is 0 Å².